The van der Waals surface area contributed by atoms with E-state index in [1.165, 1.54) is 13.2 Å². The van der Waals surface area contributed by atoms with E-state index < -0.39 is 41.5 Å². The van der Waals surface area contributed by atoms with Gasteiger partial charge in [0, 0.05) is 31.9 Å². The van der Waals surface area contributed by atoms with E-state index in [1.807, 2.05) is 20.8 Å². The van der Waals surface area contributed by atoms with E-state index in [-0.39, 0.29) is 25.4 Å². The Morgan fingerprint density at radius 3 is 2.63 bits per heavy atom. The highest BCUT2D eigenvalue weighted by Crippen LogP contribution is 2.59. The van der Waals surface area contributed by atoms with Crippen molar-refractivity contribution in [3.63, 3.8) is 0 Å². The number of carbonyl (C=O) groups is 2. The number of carbonyl (C=O) groups excluding carboxylic acids is 2. The number of hydrogen-bond acceptors (Lipinski definition) is 8. The molecule has 0 aromatic rings. The first-order valence-corrected chi connectivity index (χ1v) is 9.38. The number of hydrogen-bond donors (Lipinski definition) is 1. The molecule has 1 N–H and O–H groups in total. The number of epoxide rings is 1. The molecule has 5 atom stereocenters. The molecule has 8 nitrogen and oxygen atoms in total. The van der Waals surface area contributed by atoms with Gasteiger partial charge in [-0.3, -0.25) is 9.59 Å². The molecule has 1 saturated carbocycles. The molecule has 0 aromatic carbocycles. The van der Waals surface area contributed by atoms with E-state index in [0.29, 0.717) is 18.8 Å². The van der Waals surface area contributed by atoms with Gasteiger partial charge in [0.1, 0.15) is 23.2 Å². The second kappa shape index (κ2) is 7.41. The summed E-state index contributed by atoms with van der Waals surface area (Å²) in [7, 11) is 0. The summed E-state index contributed by atoms with van der Waals surface area (Å²) >= 11 is 0. The fourth-order valence-electron chi connectivity index (χ4n) is 4.07. The summed E-state index contributed by atoms with van der Waals surface area (Å²) in [6.45, 7) is 7.93. The third-order valence-electron chi connectivity index (χ3n) is 5.33. The predicted molar refractivity (Wildman–Crippen MR) is 92.3 cm³/mol. The summed E-state index contributed by atoms with van der Waals surface area (Å²) in [6.07, 6.45) is 0.100. The summed E-state index contributed by atoms with van der Waals surface area (Å²) in [5, 5.41) is 11.5. The number of ether oxygens (including phenoxy) is 5. The summed E-state index contributed by atoms with van der Waals surface area (Å²) in [6, 6.07) is 0. The maximum atomic E-state index is 12.2. The number of rotatable bonds is 7. The maximum Gasteiger partial charge on any atom is 0.309 e. The summed E-state index contributed by atoms with van der Waals surface area (Å²) in [5.41, 5.74) is -1.81. The van der Waals surface area contributed by atoms with Crippen molar-refractivity contribution in [2.75, 3.05) is 19.8 Å². The Kier molecular flexibility index (Phi) is 5.52. The minimum absolute atomic E-state index is 0.132. The first-order chi connectivity index (χ1) is 12.7. The van der Waals surface area contributed by atoms with E-state index in [4.69, 9.17) is 23.7 Å². The number of fused-ring (bicyclic) bond motifs is 2. The van der Waals surface area contributed by atoms with Gasteiger partial charge in [0.25, 0.3) is 6.29 Å². The number of esters is 2. The van der Waals surface area contributed by atoms with Crippen LogP contribution in [0.15, 0.2) is 11.8 Å². The van der Waals surface area contributed by atoms with Gasteiger partial charge in [-0.15, -0.1) is 0 Å². The fourth-order valence-corrected chi connectivity index (χ4v) is 4.07. The van der Waals surface area contributed by atoms with Crippen LogP contribution in [0.3, 0.4) is 0 Å². The van der Waals surface area contributed by atoms with Gasteiger partial charge in [-0.25, -0.2) is 0 Å². The van der Waals surface area contributed by atoms with E-state index in [2.05, 4.69) is 0 Å². The Balaban J connectivity index is 1.89. The Morgan fingerprint density at radius 1 is 1.37 bits per heavy atom. The molecule has 0 unspecified atom stereocenters. The lowest BCUT2D eigenvalue weighted by Gasteiger charge is -2.40. The lowest BCUT2D eigenvalue weighted by atomic mass is 9.79. The van der Waals surface area contributed by atoms with Crippen LogP contribution in [-0.4, -0.2) is 60.5 Å². The Hall–Kier alpha value is -1.64. The zero-order valence-electron chi connectivity index (χ0n) is 16.2. The van der Waals surface area contributed by atoms with Gasteiger partial charge < -0.3 is 28.8 Å². The molecule has 3 rings (SSSR count). The molecule has 2 aliphatic heterocycles. The van der Waals surface area contributed by atoms with Crippen LogP contribution in [0.5, 0.6) is 0 Å². The molecule has 0 radical (unpaired) electrons. The predicted octanol–water partition coefficient (Wildman–Crippen LogP) is 1.30. The molecule has 8 heteroatoms. The first kappa shape index (κ1) is 20.1. The first-order valence-electron chi connectivity index (χ1n) is 9.38. The largest absolute Gasteiger partial charge is 0.462 e. The molecule has 0 amide bonds. The zero-order valence-corrected chi connectivity index (χ0v) is 16.2. The molecule has 2 fully saturated rings. The van der Waals surface area contributed by atoms with Crippen molar-refractivity contribution in [2.24, 2.45) is 11.8 Å². The monoisotopic (exact) mass is 384 g/mol. The lowest BCUT2D eigenvalue weighted by Crippen LogP contribution is -2.53. The van der Waals surface area contributed by atoms with Crippen LogP contribution < -0.4 is 0 Å². The lowest BCUT2D eigenvalue weighted by molar-refractivity contribution is -0.208. The second-order valence-electron chi connectivity index (χ2n) is 7.82. The van der Waals surface area contributed by atoms with Crippen molar-refractivity contribution in [1.29, 1.82) is 0 Å². The third-order valence-corrected chi connectivity index (χ3v) is 5.33. The van der Waals surface area contributed by atoms with Gasteiger partial charge in [-0.2, -0.15) is 0 Å². The second-order valence-corrected chi connectivity index (χ2v) is 7.82. The standard InChI is InChI=1S/C19H28O8/c1-5-23-8-13-9-24-17(27-15(21)6-11(2)3)16-18(13,22)7-14(26-12(4)20)19(16)10-25-19/h9,11,14,16-17,22H,5-8,10H2,1-4H3/t14-,16-,17-,18-,19+/m0/s1. The van der Waals surface area contributed by atoms with Crippen LogP contribution in [0.4, 0.5) is 0 Å². The number of aliphatic hydroxyl groups is 1. The SMILES string of the molecule is CCOCC1=CO[C@@H](OC(=O)CC(C)C)[C@@H]2[C@@]3(CO3)[C@@H](OC(C)=O)C[C@]12O. The van der Waals surface area contributed by atoms with Crippen LogP contribution >= 0.6 is 0 Å². The molecule has 0 aromatic heterocycles. The average molecular weight is 384 g/mol. The molecule has 1 aliphatic carbocycles. The van der Waals surface area contributed by atoms with Gasteiger partial charge in [-0.05, 0) is 12.8 Å². The van der Waals surface area contributed by atoms with Gasteiger partial charge >= 0.3 is 11.9 Å². The molecular weight excluding hydrogens is 356 g/mol. The van der Waals surface area contributed by atoms with Crippen LogP contribution in [-0.2, 0) is 33.3 Å². The summed E-state index contributed by atoms with van der Waals surface area (Å²) in [4.78, 5) is 23.7. The minimum Gasteiger partial charge on any atom is -0.462 e. The quantitative estimate of drug-likeness (QED) is 0.517. The Labute approximate surface area is 158 Å². The van der Waals surface area contributed by atoms with Crippen LogP contribution in [0.2, 0.25) is 0 Å². The molecule has 3 aliphatic rings. The van der Waals surface area contributed by atoms with Crippen LogP contribution in [0.25, 0.3) is 0 Å². The average Bonchev–Trinajstić information content (AvgIpc) is 3.28. The molecule has 2 heterocycles. The van der Waals surface area contributed by atoms with Gasteiger partial charge in [0.15, 0.2) is 0 Å². The molecule has 152 valence electrons. The highest BCUT2D eigenvalue weighted by molar-refractivity contribution is 5.70. The van der Waals surface area contributed by atoms with Crippen molar-refractivity contribution in [1.82, 2.24) is 0 Å². The van der Waals surface area contributed by atoms with Crippen molar-refractivity contribution < 1.29 is 38.4 Å². The van der Waals surface area contributed by atoms with Crippen LogP contribution in [0, 0.1) is 11.8 Å². The Bertz CT molecular complexity index is 623. The maximum absolute atomic E-state index is 12.2. The van der Waals surface area contributed by atoms with Gasteiger partial charge in [-0.1, -0.05) is 13.8 Å². The van der Waals surface area contributed by atoms with Crippen molar-refractivity contribution in [3.05, 3.63) is 11.8 Å². The van der Waals surface area contributed by atoms with Gasteiger partial charge in [0.2, 0.25) is 0 Å². The summed E-state index contributed by atoms with van der Waals surface area (Å²) < 4.78 is 27.8. The highest BCUT2D eigenvalue weighted by atomic mass is 16.7. The van der Waals surface area contributed by atoms with Crippen LogP contribution in [0.1, 0.15) is 40.5 Å². The molecule has 0 bridgehead atoms. The van der Waals surface area contributed by atoms with Crippen molar-refractivity contribution >= 4 is 11.9 Å². The van der Waals surface area contributed by atoms with E-state index in [0.717, 1.165) is 0 Å². The molecule has 1 spiro atoms. The summed E-state index contributed by atoms with van der Waals surface area (Å²) in [5.74, 6) is -1.44. The molecule has 27 heavy (non-hydrogen) atoms. The van der Waals surface area contributed by atoms with Crippen molar-refractivity contribution in [3.8, 4) is 0 Å². The van der Waals surface area contributed by atoms with E-state index >= 15 is 0 Å². The zero-order chi connectivity index (χ0) is 19.8. The Morgan fingerprint density at radius 2 is 2.07 bits per heavy atom. The van der Waals surface area contributed by atoms with Crippen molar-refractivity contribution in [2.45, 2.75) is 64.1 Å². The minimum atomic E-state index is -1.41. The highest BCUT2D eigenvalue weighted by Gasteiger charge is 2.76. The smallest absolute Gasteiger partial charge is 0.309 e. The van der Waals surface area contributed by atoms with E-state index in [1.54, 1.807) is 0 Å². The fraction of sp³-hybridized carbons (Fsp3) is 0.789. The topological polar surface area (TPSA) is 104 Å². The third kappa shape index (κ3) is 3.70. The van der Waals surface area contributed by atoms with E-state index in [9.17, 15) is 14.7 Å². The molecule has 1 saturated heterocycles. The molecular formula is C19H28O8. The normalized spacial score (nSPS) is 36.8. The van der Waals surface area contributed by atoms with Gasteiger partial charge in [0.05, 0.1) is 19.5 Å².